The van der Waals surface area contributed by atoms with E-state index in [1.165, 1.54) is 0 Å². The second-order valence-electron chi connectivity index (χ2n) is 6.50. The number of hydrogen-bond acceptors (Lipinski definition) is 10. The van der Waals surface area contributed by atoms with Gasteiger partial charge in [-0.3, -0.25) is 18.9 Å². The van der Waals surface area contributed by atoms with Crippen LogP contribution in [0.4, 0.5) is 8.78 Å². The van der Waals surface area contributed by atoms with Gasteiger partial charge in [0.25, 0.3) is 5.56 Å². The van der Waals surface area contributed by atoms with E-state index in [9.17, 15) is 42.1 Å². The maximum absolute atomic E-state index is 13.8. The van der Waals surface area contributed by atoms with Crippen LogP contribution in [0.25, 0.3) is 0 Å². The van der Waals surface area contributed by atoms with Crippen molar-refractivity contribution in [3.05, 3.63) is 32.9 Å². The van der Waals surface area contributed by atoms with Crippen molar-refractivity contribution in [3.8, 4) is 0 Å². The van der Waals surface area contributed by atoms with Crippen LogP contribution in [0.2, 0.25) is 0 Å². The molecular weight excluding hydrogens is 550 g/mol. The summed E-state index contributed by atoms with van der Waals surface area (Å²) in [7, 11) is -17.2. The quantitative estimate of drug-likeness (QED) is 0.165. The van der Waals surface area contributed by atoms with Crippen molar-refractivity contribution in [2.24, 2.45) is 0 Å². The first-order valence-electron chi connectivity index (χ1n) is 8.23. The molecule has 2 heterocycles. The van der Waals surface area contributed by atoms with E-state index in [1.807, 2.05) is 0 Å². The van der Waals surface area contributed by atoms with Crippen molar-refractivity contribution < 1.29 is 65.0 Å². The smallest absolute Gasteiger partial charge is 0.388 e. The first-order valence-corrected chi connectivity index (χ1v) is 13.1. The molecule has 0 aliphatic carbocycles. The molecule has 0 saturated carbocycles. The highest BCUT2D eigenvalue weighted by Gasteiger charge is 2.59. The summed E-state index contributed by atoms with van der Waals surface area (Å²) in [6.45, 7) is -0.730. The molecule has 1 fully saturated rings. The standard InChI is InChI=1S/C11H16ClF2N2O14P3/c1-4(28-32(23,24)30-33(25,26)29-31(20,21)22)6-7(17)11(12,3-13)9(27-6)16-2-5(14)8(18)15-10(16)19/h2,4,6-7,9,17H,3H2,1H3,(H,23,24)(H,25,26)(H,15,18,19)(H2,20,21,22)/t4-,6-,7?,9-,11-/m1/s1. The number of phosphoric ester groups is 1. The molecule has 3 unspecified atom stereocenters. The van der Waals surface area contributed by atoms with Gasteiger partial charge < -0.3 is 29.4 Å². The predicted octanol–water partition coefficient (Wildman–Crippen LogP) is -0.387. The third kappa shape index (κ3) is 6.64. The van der Waals surface area contributed by atoms with Gasteiger partial charge in [-0.25, -0.2) is 22.9 Å². The Morgan fingerprint density at radius 2 is 1.82 bits per heavy atom. The van der Waals surface area contributed by atoms with E-state index in [0.717, 1.165) is 6.92 Å². The van der Waals surface area contributed by atoms with Crippen LogP contribution < -0.4 is 11.2 Å². The number of alkyl halides is 2. The van der Waals surface area contributed by atoms with Crippen LogP contribution >= 0.6 is 35.1 Å². The van der Waals surface area contributed by atoms with Gasteiger partial charge in [0.2, 0.25) is 5.82 Å². The monoisotopic (exact) mass is 566 g/mol. The zero-order chi connectivity index (χ0) is 25.6. The average Bonchev–Trinajstić information content (AvgIpc) is 2.87. The van der Waals surface area contributed by atoms with Crippen LogP contribution in [-0.2, 0) is 31.6 Å². The topological polar surface area (TPSA) is 244 Å². The molecule has 16 nitrogen and oxygen atoms in total. The van der Waals surface area contributed by atoms with E-state index in [0.29, 0.717) is 10.8 Å². The van der Waals surface area contributed by atoms with Crippen LogP contribution in [-0.4, -0.2) is 64.1 Å². The molecule has 7 atom stereocenters. The highest BCUT2D eigenvalue weighted by molar-refractivity contribution is 7.66. The number of H-pyrrole nitrogens is 1. The molecule has 1 aromatic heterocycles. The number of ether oxygens (including phenoxy) is 1. The molecule has 22 heteroatoms. The number of aliphatic hydroxyl groups excluding tert-OH is 1. The maximum atomic E-state index is 13.8. The van der Waals surface area contributed by atoms with Gasteiger partial charge >= 0.3 is 29.2 Å². The fraction of sp³-hybridized carbons (Fsp3) is 0.636. The zero-order valence-electron chi connectivity index (χ0n) is 15.9. The van der Waals surface area contributed by atoms with Gasteiger partial charge in [-0.15, -0.1) is 11.6 Å². The summed E-state index contributed by atoms with van der Waals surface area (Å²) in [4.78, 5) is 58.0. The molecule has 6 N–H and O–H groups in total. The van der Waals surface area contributed by atoms with Crippen LogP contribution in [0.15, 0.2) is 15.8 Å². The Morgan fingerprint density at radius 1 is 1.24 bits per heavy atom. The first kappa shape index (κ1) is 28.4. The molecule has 190 valence electrons. The number of aromatic nitrogens is 2. The lowest BCUT2D eigenvalue weighted by Crippen LogP contribution is -2.48. The van der Waals surface area contributed by atoms with Crippen molar-refractivity contribution >= 4 is 35.1 Å². The number of aromatic amines is 1. The number of hydrogen-bond donors (Lipinski definition) is 6. The highest BCUT2D eigenvalue weighted by Crippen LogP contribution is 2.66. The molecule has 1 aliphatic heterocycles. The molecule has 0 bridgehead atoms. The normalized spacial score (nSPS) is 30.5. The van der Waals surface area contributed by atoms with Crippen molar-refractivity contribution in [3.63, 3.8) is 0 Å². The number of rotatable bonds is 9. The van der Waals surface area contributed by atoms with Crippen molar-refractivity contribution in [1.82, 2.24) is 9.55 Å². The van der Waals surface area contributed by atoms with Gasteiger partial charge in [0.15, 0.2) is 6.23 Å². The minimum Gasteiger partial charge on any atom is -0.388 e. The lowest BCUT2D eigenvalue weighted by Gasteiger charge is -2.28. The van der Waals surface area contributed by atoms with Gasteiger partial charge in [-0.1, -0.05) is 0 Å². The highest BCUT2D eigenvalue weighted by atomic mass is 35.5. The number of halogens is 3. The summed E-state index contributed by atoms with van der Waals surface area (Å²) in [5.74, 6) is -1.50. The van der Waals surface area contributed by atoms with Gasteiger partial charge in [0.05, 0.1) is 12.3 Å². The lowest BCUT2D eigenvalue weighted by atomic mass is 9.97. The Kier molecular flexibility index (Phi) is 8.32. The summed E-state index contributed by atoms with van der Waals surface area (Å²) in [5, 5.41) is 10.4. The Hall–Kier alpha value is -0.840. The fourth-order valence-corrected chi connectivity index (χ4v) is 6.25. The van der Waals surface area contributed by atoms with Crippen LogP contribution in [0, 0.1) is 5.82 Å². The number of nitrogens with zero attached hydrogens (tertiary/aromatic N) is 1. The lowest BCUT2D eigenvalue weighted by molar-refractivity contribution is -0.0757. The molecule has 0 radical (unpaired) electrons. The number of aliphatic hydroxyl groups is 1. The Bertz CT molecular complexity index is 1160. The summed E-state index contributed by atoms with van der Waals surface area (Å²) in [5.41, 5.74) is -2.74. The Labute approximate surface area is 186 Å². The molecule has 1 aliphatic rings. The Balaban J connectivity index is 2.30. The van der Waals surface area contributed by atoms with Crippen LogP contribution in [0.1, 0.15) is 13.2 Å². The van der Waals surface area contributed by atoms with Crippen molar-refractivity contribution in [2.45, 2.75) is 36.3 Å². The molecule has 1 aromatic rings. The fourth-order valence-electron chi connectivity index (χ4n) is 2.77. The van der Waals surface area contributed by atoms with E-state index in [4.69, 9.17) is 31.0 Å². The summed E-state index contributed by atoms with van der Waals surface area (Å²) < 4.78 is 78.4. The average molecular weight is 567 g/mol. The minimum atomic E-state index is -5.86. The van der Waals surface area contributed by atoms with Gasteiger partial charge in [0.1, 0.15) is 23.8 Å². The number of nitrogens with one attached hydrogen (secondary N) is 1. The van der Waals surface area contributed by atoms with Crippen LogP contribution in [0.5, 0.6) is 0 Å². The maximum Gasteiger partial charge on any atom is 0.490 e. The minimum absolute atomic E-state index is 0.296. The van der Waals surface area contributed by atoms with Gasteiger partial charge in [0, 0.05) is 0 Å². The van der Waals surface area contributed by atoms with E-state index >= 15 is 0 Å². The third-order valence-electron chi connectivity index (χ3n) is 4.06. The predicted molar refractivity (Wildman–Crippen MR) is 100 cm³/mol. The second-order valence-corrected chi connectivity index (χ2v) is 11.6. The summed E-state index contributed by atoms with van der Waals surface area (Å²) in [6, 6.07) is 0. The summed E-state index contributed by atoms with van der Waals surface area (Å²) >= 11 is 6.03. The summed E-state index contributed by atoms with van der Waals surface area (Å²) in [6.07, 6.45) is -7.58. The van der Waals surface area contributed by atoms with Crippen LogP contribution in [0.3, 0.4) is 0 Å². The van der Waals surface area contributed by atoms with Crippen molar-refractivity contribution in [2.75, 3.05) is 6.67 Å². The molecular formula is C11H16ClF2N2O14P3. The van der Waals surface area contributed by atoms with Gasteiger partial charge in [-0.05, 0) is 6.92 Å². The largest absolute Gasteiger partial charge is 0.490 e. The first-order chi connectivity index (χ1) is 14.8. The third-order valence-corrected chi connectivity index (χ3v) is 8.50. The SMILES string of the molecule is C[C@@H](OP(=O)(O)OP(=O)(O)OP(=O)(O)O)[C@H]1O[C@@H](n2cc(F)c(=O)[nH]c2=O)[C@@](Cl)(CF)C1O. The van der Waals surface area contributed by atoms with E-state index in [2.05, 4.69) is 13.1 Å². The van der Waals surface area contributed by atoms with E-state index in [-0.39, 0.29) is 0 Å². The molecule has 0 aromatic carbocycles. The Morgan fingerprint density at radius 3 is 2.33 bits per heavy atom. The second kappa shape index (κ2) is 9.66. The van der Waals surface area contributed by atoms with E-state index < -0.39 is 76.6 Å². The number of phosphoric acid groups is 3. The molecule has 2 rings (SSSR count). The molecule has 1 saturated heterocycles. The molecule has 0 amide bonds. The van der Waals surface area contributed by atoms with Crippen molar-refractivity contribution in [1.29, 1.82) is 0 Å². The zero-order valence-corrected chi connectivity index (χ0v) is 19.4. The van der Waals surface area contributed by atoms with Gasteiger partial charge in [-0.2, -0.15) is 13.0 Å². The van der Waals surface area contributed by atoms with E-state index in [1.54, 1.807) is 4.98 Å². The molecule has 33 heavy (non-hydrogen) atoms. The molecule has 0 spiro atoms.